The van der Waals surface area contributed by atoms with Gasteiger partial charge in [-0.2, -0.15) is 0 Å². The van der Waals surface area contributed by atoms with Crippen LogP contribution in [0, 0.1) is 0 Å². The first-order valence-corrected chi connectivity index (χ1v) is 7.82. The Labute approximate surface area is 125 Å². The summed E-state index contributed by atoms with van der Waals surface area (Å²) in [5.74, 6) is 0. The standard InChI is InChI=1S/C18H22N2O/c1-2-12-19-13-15-8-11-17(14-6-4-3-5-7-14)20(18(15)21)16-9-10-16/h3-8,11,16,19H,2,9-10,12-13H2,1H3. The Morgan fingerprint density at radius 1 is 1.14 bits per heavy atom. The smallest absolute Gasteiger partial charge is 0.255 e. The third-order valence-corrected chi connectivity index (χ3v) is 3.92. The van der Waals surface area contributed by atoms with Crippen LogP contribution in [-0.2, 0) is 6.54 Å². The minimum absolute atomic E-state index is 0.169. The van der Waals surface area contributed by atoms with E-state index in [9.17, 15) is 4.79 Å². The third kappa shape index (κ3) is 3.08. The Morgan fingerprint density at radius 3 is 2.57 bits per heavy atom. The summed E-state index contributed by atoms with van der Waals surface area (Å²) in [6.07, 6.45) is 3.32. The summed E-state index contributed by atoms with van der Waals surface area (Å²) in [6.45, 7) is 3.74. The predicted molar refractivity (Wildman–Crippen MR) is 86.4 cm³/mol. The minimum Gasteiger partial charge on any atom is -0.312 e. The van der Waals surface area contributed by atoms with Crippen LogP contribution in [-0.4, -0.2) is 11.1 Å². The lowest BCUT2D eigenvalue weighted by molar-refractivity contribution is 0.649. The van der Waals surface area contributed by atoms with Crippen LogP contribution in [0.15, 0.2) is 47.3 Å². The molecule has 1 N–H and O–H groups in total. The highest BCUT2D eigenvalue weighted by molar-refractivity contribution is 5.60. The van der Waals surface area contributed by atoms with Crippen molar-refractivity contribution in [3.05, 3.63) is 58.4 Å². The quantitative estimate of drug-likeness (QED) is 0.824. The molecule has 0 amide bonds. The summed E-state index contributed by atoms with van der Waals surface area (Å²) in [5.41, 5.74) is 3.20. The van der Waals surface area contributed by atoms with Gasteiger partial charge in [0.1, 0.15) is 0 Å². The first-order valence-electron chi connectivity index (χ1n) is 7.82. The highest BCUT2D eigenvalue weighted by Crippen LogP contribution is 2.37. The number of pyridine rings is 1. The fourth-order valence-corrected chi connectivity index (χ4v) is 2.67. The molecule has 0 aliphatic heterocycles. The summed E-state index contributed by atoms with van der Waals surface area (Å²) < 4.78 is 2.00. The van der Waals surface area contributed by atoms with Gasteiger partial charge >= 0.3 is 0 Å². The van der Waals surface area contributed by atoms with E-state index < -0.39 is 0 Å². The van der Waals surface area contributed by atoms with Crippen LogP contribution >= 0.6 is 0 Å². The van der Waals surface area contributed by atoms with E-state index in [0.29, 0.717) is 12.6 Å². The van der Waals surface area contributed by atoms with Crippen LogP contribution in [0.2, 0.25) is 0 Å². The summed E-state index contributed by atoms with van der Waals surface area (Å²) in [4.78, 5) is 12.8. The van der Waals surface area contributed by atoms with E-state index in [1.807, 2.05) is 28.8 Å². The number of aromatic nitrogens is 1. The number of nitrogens with one attached hydrogen (secondary N) is 1. The van der Waals surface area contributed by atoms with Gasteiger partial charge in [-0.1, -0.05) is 43.3 Å². The molecule has 3 heteroatoms. The Hall–Kier alpha value is -1.87. The molecule has 1 heterocycles. The molecular formula is C18H22N2O. The lowest BCUT2D eigenvalue weighted by Crippen LogP contribution is -2.28. The molecule has 0 spiro atoms. The molecule has 1 saturated carbocycles. The van der Waals surface area contributed by atoms with Gasteiger partial charge in [-0.25, -0.2) is 0 Å². The molecule has 0 bridgehead atoms. The van der Waals surface area contributed by atoms with Gasteiger partial charge in [-0.3, -0.25) is 4.79 Å². The molecule has 0 radical (unpaired) electrons. The van der Waals surface area contributed by atoms with Crippen LogP contribution in [0.5, 0.6) is 0 Å². The first-order chi connectivity index (χ1) is 10.3. The van der Waals surface area contributed by atoms with Crippen molar-refractivity contribution in [1.82, 2.24) is 9.88 Å². The first kappa shape index (κ1) is 14.1. The molecule has 3 nitrogen and oxygen atoms in total. The van der Waals surface area contributed by atoms with Gasteiger partial charge in [0, 0.05) is 18.2 Å². The molecule has 3 rings (SSSR count). The topological polar surface area (TPSA) is 34.0 Å². The van der Waals surface area contributed by atoms with E-state index in [1.165, 1.54) is 0 Å². The molecular weight excluding hydrogens is 260 g/mol. The van der Waals surface area contributed by atoms with Crippen molar-refractivity contribution < 1.29 is 0 Å². The minimum atomic E-state index is 0.169. The number of rotatable bonds is 6. The van der Waals surface area contributed by atoms with Gasteiger partial charge < -0.3 is 9.88 Å². The number of hydrogen-bond donors (Lipinski definition) is 1. The van der Waals surface area contributed by atoms with Gasteiger partial charge in [0.2, 0.25) is 0 Å². The van der Waals surface area contributed by atoms with E-state index in [2.05, 4.69) is 30.4 Å². The van der Waals surface area contributed by atoms with E-state index in [4.69, 9.17) is 0 Å². The van der Waals surface area contributed by atoms with Crippen LogP contribution in [0.4, 0.5) is 0 Å². The molecule has 21 heavy (non-hydrogen) atoms. The second kappa shape index (κ2) is 6.27. The number of hydrogen-bond acceptors (Lipinski definition) is 2. The van der Waals surface area contributed by atoms with Crippen molar-refractivity contribution in [2.75, 3.05) is 6.54 Å². The zero-order valence-electron chi connectivity index (χ0n) is 12.5. The maximum Gasteiger partial charge on any atom is 0.255 e. The van der Waals surface area contributed by atoms with E-state index in [1.54, 1.807) is 0 Å². The van der Waals surface area contributed by atoms with Crippen LogP contribution in [0.1, 0.15) is 37.8 Å². The summed E-state index contributed by atoms with van der Waals surface area (Å²) >= 11 is 0. The molecule has 1 aliphatic carbocycles. The van der Waals surface area contributed by atoms with Gasteiger partial charge in [0.25, 0.3) is 5.56 Å². The predicted octanol–water partition coefficient (Wildman–Crippen LogP) is 3.35. The highest BCUT2D eigenvalue weighted by Gasteiger charge is 2.27. The Bertz CT molecular complexity index is 657. The zero-order chi connectivity index (χ0) is 14.7. The van der Waals surface area contributed by atoms with Gasteiger partial charge in [0.15, 0.2) is 0 Å². The fraction of sp³-hybridized carbons (Fsp3) is 0.389. The van der Waals surface area contributed by atoms with Gasteiger partial charge in [0.05, 0.1) is 5.69 Å². The molecule has 0 unspecified atom stereocenters. The maximum atomic E-state index is 12.8. The molecule has 1 aromatic heterocycles. The zero-order valence-corrected chi connectivity index (χ0v) is 12.5. The monoisotopic (exact) mass is 282 g/mol. The average molecular weight is 282 g/mol. The van der Waals surface area contributed by atoms with Crippen molar-refractivity contribution in [3.8, 4) is 11.3 Å². The molecule has 1 aromatic carbocycles. The fourth-order valence-electron chi connectivity index (χ4n) is 2.67. The Balaban J connectivity index is 1.98. The average Bonchev–Trinajstić information content (AvgIpc) is 3.34. The van der Waals surface area contributed by atoms with Crippen LogP contribution in [0.25, 0.3) is 11.3 Å². The van der Waals surface area contributed by atoms with Crippen molar-refractivity contribution >= 4 is 0 Å². The van der Waals surface area contributed by atoms with Crippen LogP contribution < -0.4 is 10.9 Å². The summed E-state index contributed by atoms with van der Waals surface area (Å²) in [7, 11) is 0. The summed E-state index contributed by atoms with van der Waals surface area (Å²) in [5, 5.41) is 3.32. The SMILES string of the molecule is CCCNCc1ccc(-c2ccccc2)n(C2CC2)c1=O. The van der Waals surface area contributed by atoms with Crippen molar-refractivity contribution in [3.63, 3.8) is 0 Å². The lowest BCUT2D eigenvalue weighted by Gasteiger charge is -2.14. The number of nitrogens with zero attached hydrogens (tertiary/aromatic N) is 1. The second-order valence-corrected chi connectivity index (χ2v) is 5.69. The lowest BCUT2D eigenvalue weighted by atomic mass is 10.1. The molecule has 0 saturated heterocycles. The van der Waals surface area contributed by atoms with Gasteiger partial charge in [-0.15, -0.1) is 0 Å². The molecule has 2 aromatic rings. The maximum absolute atomic E-state index is 12.8. The largest absolute Gasteiger partial charge is 0.312 e. The molecule has 0 atom stereocenters. The molecule has 1 aliphatic rings. The Morgan fingerprint density at radius 2 is 1.90 bits per heavy atom. The normalized spacial score (nSPS) is 14.3. The Kier molecular flexibility index (Phi) is 4.20. The van der Waals surface area contributed by atoms with E-state index in [0.717, 1.165) is 42.6 Å². The van der Waals surface area contributed by atoms with Crippen LogP contribution in [0.3, 0.4) is 0 Å². The molecule has 110 valence electrons. The van der Waals surface area contributed by atoms with E-state index in [-0.39, 0.29) is 5.56 Å². The third-order valence-electron chi connectivity index (χ3n) is 3.92. The van der Waals surface area contributed by atoms with E-state index >= 15 is 0 Å². The summed E-state index contributed by atoms with van der Waals surface area (Å²) in [6, 6.07) is 14.7. The second-order valence-electron chi connectivity index (χ2n) is 5.69. The van der Waals surface area contributed by atoms with Crippen molar-refractivity contribution in [1.29, 1.82) is 0 Å². The van der Waals surface area contributed by atoms with Gasteiger partial charge in [-0.05, 0) is 37.4 Å². The van der Waals surface area contributed by atoms with Crippen molar-refractivity contribution in [2.24, 2.45) is 0 Å². The molecule has 1 fully saturated rings. The number of benzene rings is 1. The highest BCUT2D eigenvalue weighted by atomic mass is 16.1. The van der Waals surface area contributed by atoms with Crippen molar-refractivity contribution in [2.45, 2.75) is 38.8 Å².